The molecule has 0 atom stereocenters. The van der Waals surface area contributed by atoms with Crippen molar-refractivity contribution in [2.45, 2.75) is 6.92 Å². The minimum atomic E-state index is -0.503. The molecule has 1 amide bonds. The Kier molecular flexibility index (Phi) is 4.78. The Bertz CT molecular complexity index is 919. The monoisotopic (exact) mass is 464 g/mol. The third kappa shape index (κ3) is 3.38. The van der Waals surface area contributed by atoms with Gasteiger partial charge in [0.05, 0.1) is 31.0 Å². The molecular formula is C16H10Br2N4O3. The van der Waals surface area contributed by atoms with Crippen LogP contribution in [0.5, 0.6) is 0 Å². The average Bonchev–Trinajstić information content (AvgIpc) is 2.86. The van der Waals surface area contributed by atoms with Crippen LogP contribution >= 0.6 is 31.9 Å². The first-order valence-corrected chi connectivity index (χ1v) is 8.64. The predicted octanol–water partition coefficient (Wildman–Crippen LogP) is 4.62. The van der Waals surface area contributed by atoms with Gasteiger partial charge in [0.1, 0.15) is 0 Å². The summed E-state index contributed by atoms with van der Waals surface area (Å²) in [6, 6.07) is 11.7. The number of nitro benzene ring substituents is 1. The fraction of sp³-hybridized carbons (Fsp3) is 0.0625. The van der Waals surface area contributed by atoms with Gasteiger partial charge in [-0.05, 0) is 50.9 Å². The fourth-order valence-corrected chi connectivity index (χ4v) is 3.59. The molecule has 1 aliphatic heterocycles. The van der Waals surface area contributed by atoms with Crippen LogP contribution in [-0.2, 0) is 4.79 Å². The average molecular weight is 466 g/mol. The lowest BCUT2D eigenvalue weighted by Gasteiger charge is -2.10. The van der Waals surface area contributed by atoms with E-state index in [4.69, 9.17) is 0 Å². The minimum absolute atomic E-state index is 0.0863. The number of carbonyl (C=O) groups excluding carboxylic acids is 1. The molecule has 0 aromatic heterocycles. The number of nitrogens with zero attached hydrogens (tertiary/aromatic N) is 4. The quantitative estimate of drug-likeness (QED) is 0.489. The number of carbonyl (C=O) groups is 1. The van der Waals surface area contributed by atoms with E-state index in [1.54, 1.807) is 19.1 Å². The van der Waals surface area contributed by atoms with Crippen LogP contribution in [0.2, 0.25) is 0 Å². The van der Waals surface area contributed by atoms with Crippen LogP contribution in [0.25, 0.3) is 0 Å². The molecule has 3 rings (SSSR count). The lowest BCUT2D eigenvalue weighted by molar-refractivity contribution is -0.385. The van der Waals surface area contributed by atoms with Crippen LogP contribution in [0.15, 0.2) is 61.5 Å². The summed E-state index contributed by atoms with van der Waals surface area (Å²) in [6.07, 6.45) is 0. The maximum atomic E-state index is 12.7. The number of hydrazone groups is 1. The lowest BCUT2D eigenvalue weighted by Crippen LogP contribution is -2.27. The van der Waals surface area contributed by atoms with E-state index in [2.05, 4.69) is 42.0 Å². The molecule has 0 bridgehead atoms. The van der Waals surface area contributed by atoms with E-state index in [0.29, 0.717) is 26.0 Å². The highest BCUT2D eigenvalue weighted by molar-refractivity contribution is 9.11. The van der Waals surface area contributed by atoms with Crippen LogP contribution in [0.4, 0.5) is 17.1 Å². The summed E-state index contributed by atoms with van der Waals surface area (Å²) in [6.45, 7) is 1.69. The number of hydrogen-bond acceptors (Lipinski definition) is 5. The van der Waals surface area contributed by atoms with Gasteiger partial charge >= 0.3 is 0 Å². The summed E-state index contributed by atoms with van der Waals surface area (Å²) in [5, 5.41) is 16.4. The highest BCUT2D eigenvalue weighted by Gasteiger charge is 2.31. The zero-order valence-corrected chi connectivity index (χ0v) is 16.0. The van der Waals surface area contributed by atoms with Gasteiger partial charge in [0, 0.05) is 12.1 Å². The molecule has 0 fully saturated rings. The molecular weight excluding hydrogens is 456 g/mol. The van der Waals surface area contributed by atoms with Crippen molar-refractivity contribution < 1.29 is 9.72 Å². The first-order valence-electron chi connectivity index (χ1n) is 7.05. The van der Waals surface area contributed by atoms with E-state index in [0.717, 1.165) is 0 Å². The van der Waals surface area contributed by atoms with Crippen molar-refractivity contribution in [1.29, 1.82) is 0 Å². The number of halogens is 2. The Balaban J connectivity index is 2.02. The standard InChI is InChI=1S/C16H10Br2N4O3/c1-9-14(16(23)21(20-9)10-5-3-2-4-6-10)19-15-12(17)7-11(22(24)25)8-13(15)18/h2-8H,1H3. The molecule has 2 aromatic rings. The van der Waals surface area contributed by atoms with Crippen molar-refractivity contribution in [2.24, 2.45) is 10.1 Å². The van der Waals surface area contributed by atoms with Crippen molar-refractivity contribution in [3.05, 3.63) is 61.5 Å². The SMILES string of the molecule is CC1=NN(c2ccccc2)C(=O)C1=Nc1c(Br)cc([N+](=O)[O-])cc1Br. The Hall–Kier alpha value is -2.39. The molecule has 2 aromatic carbocycles. The molecule has 0 radical (unpaired) electrons. The molecule has 0 saturated carbocycles. The molecule has 1 heterocycles. The van der Waals surface area contributed by atoms with Gasteiger partial charge in [0.25, 0.3) is 11.6 Å². The highest BCUT2D eigenvalue weighted by atomic mass is 79.9. The molecule has 7 nitrogen and oxygen atoms in total. The summed E-state index contributed by atoms with van der Waals surface area (Å²) in [5.74, 6) is -0.360. The fourth-order valence-electron chi connectivity index (χ4n) is 2.25. The van der Waals surface area contributed by atoms with Crippen molar-refractivity contribution in [3.8, 4) is 0 Å². The number of nitro groups is 1. The van der Waals surface area contributed by atoms with Gasteiger partial charge in [-0.1, -0.05) is 18.2 Å². The second-order valence-electron chi connectivity index (χ2n) is 5.11. The molecule has 0 aliphatic carbocycles. The zero-order chi connectivity index (χ0) is 18.1. The van der Waals surface area contributed by atoms with E-state index in [9.17, 15) is 14.9 Å². The number of rotatable bonds is 3. The van der Waals surface area contributed by atoms with Crippen molar-refractivity contribution in [2.75, 3.05) is 5.01 Å². The van der Waals surface area contributed by atoms with Crippen molar-refractivity contribution in [3.63, 3.8) is 0 Å². The molecule has 0 spiro atoms. The first-order chi connectivity index (χ1) is 11.9. The normalized spacial score (nSPS) is 15.6. The topological polar surface area (TPSA) is 88.2 Å². The third-order valence-corrected chi connectivity index (χ3v) is 4.63. The molecule has 9 heteroatoms. The van der Waals surface area contributed by atoms with Crippen molar-refractivity contribution >= 4 is 66.3 Å². The molecule has 126 valence electrons. The van der Waals surface area contributed by atoms with Crippen LogP contribution in [0.1, 0.15) is 6.92 Å². The minimum Gasteiger partial charge on any atom is -0.265 e. The van der Waals surface area contributed by atoms with Gasteiger partial charge in [-0.3, -0.25) is 14.9 Å². The molecule has 25 heavy (non-hydrogen) atoms. The van der Waals surface area contributed by atoms with Gasteiger partial charge < -0.3 is 0 Å². The maximum Gasteiger partial charge on any atom is 0.299 e. The van der Waals surface area contributed by atoms with Gasteiger partial charge in [-0.15, -0.1) is 0 Å². The number of aliphatic imine (C=N–C) groups is 1. The van der Waals surface area contributed by atoms with E-state index >= 15 is 0 Å². The molecule has 0 N–H and O–H groups in total. The zero-order valence-electron chi connectivity index (χ0n) is 12.8. The van der Waals surface area contributed by atoms with E-state index < -0.39 is 4.92 Å². The molecule has 0 unspecified atom stereocenters. The van der Waals surface area contributed by atoms with Gasteiger partial charge in [0.2, 0.25) is 0 Å². The first kappa shape index (κ1) is 17.4. The van der Waals surface area contributed by atoms with Gasteiger partial charge in [-0.25, -0.2) is 4.99 Å². The second kappa shape index (κ2) is 6.85. The van der Waals surface area contributed by atoms with Crippen LogP contribution < -0.4 is 5.01 Å². The third-order valence-electron chi connectivity index (χ3n) is 3.42. The summed E-state index contributed by atoms with van der Waals surface area (Å²) < 4.78 is 0.805. The molecule has 0 saturated heterocycles. The predicted molar refractivity (Wildman–Crippen MR) is 103 cm³/mol. The van der Waals surface area contributed by atoms with Crippen molar-refractivity contribution in [1.82, 2.24) is 0 Å². The van der Waals surface area contributed by atoms with Crippen LogP contribution in [-0.4, -0.2) is 22.3 Å². The van der Waals surface area contributed by atoms with E-state index in [1.807, 2.05) is 18.2 Å². The number of para-hydroxylation sites is 1. The maximum absolute atomic E-state index is 12.7. The van der Waals surface area contributed by atoms with E-state index in [1.165, 1.54) is 17.1 Å². The second-order valence-corrected chi connectivity index (χ2v) is 6.82. The number of amides is 1. The van der Waals surface area contributed by atoms with Gasteiger partial charge in [0.15, 0.2) is 5.71 Å². The summed E-state index contributed by atoms with van der Waals surface area (Å²) in [7, 11) is 0. The Labute approximate surface area is 159 Å². The van der Waals surface area contributed by atoms with Gasteiger partial charge in [-0.2, -0.15) is 10.1 Å². The number of anilines is 1. The number of non-ortho nitro benzene ring substituents is 1. The van der Waals surface area contributed by atoms with Crippen LogP contribution in [0.3, 0.4) is 0 Å². The summed E-state index contributed by atoms with van der Waals surface area (Å²) >= 11 is 6.53. The molecule has 1 aliphatic rings. The summed E-state index contributed by atoms with van der Waals surface area (Å²) in [4.78, 5) is 27.4. The lowest BCUT2D eigenvalue weighted by atomic mass is 10.2. The Morgan fingerprint density at radius 2 is 1.76 bits per heavy atom. The Morgan fingerprint density at radius 3 is 2.32 bits per heavy atom. The van der Waals surface area contributed by atoms with E-state index in [-0.39, 0.29) is 17.3 Å². The summed E-state index contributed by atoms with van der Waals surface area (Å²) in [5.41, 5.74) is 1.58. The van der Waals surface area contributed by atoms with Crippen LogP contribution in [0, 0.1) is 10.1 Å². The largest absolute Gasteiger partial charge is 0.299 e. The Morgan fingerprint density at radius 1 is 1.16 bits per heavy atom. The smallest absolute Gasteiger partial charge is 0.265 e. The number of hydrogen-bond donors (Lipinski definition) is 0. The number of benzene rings is 2. The highest BCUT2D eigenvalue weighted by Crippen LogP contribution is 2.38.